The van der Waals surface area contributed by atoms with Crippen LogP contribution >= 0.6 is 0 Å². The first-order valence-electron chi connectivity index (χ1n) is 6.77. The minimum absolute atomic E-state index is 0.0797. The number of carbonyl (C=O) groups excluding carboxylic acids is 1. The number of para-hydroxylation sites is 1. The fourth-order valence-corrected chi connectivity index (χ4v) is 2.49. The molecule has 0 bridgehead atoms. The number of carbonyl (C=O) groups is 1. The highest BCUT2D eigenvalue weighted by molar-refractivity contribution is 6.05. The predicted octanol–water partition coefficient (Wildman–Crippen LogP) is 3.01. The molecule has 0 unspecified atom stereocenters. The van der Waals surface area contributed by atoms with Crippen LogP contribution in [0.25, 0.3) is 6.08 Å². The molecule has 0 saturated carbocycles. The van der Waals surface area contributed by atoms with Crippen molar-refractivity contribution >= 4 is 23.4 Å². The van der Waals surface area contributed by atoms with Gasteiger partial charge in [-0.3, -0.25) is 4.79 Å². The average molecular weight is 282 g/mol. The second kappa shape index (κ2) is 5.40. The third-order valence-corrected chi connectivity index (χ3v) is 3.59. The summed E-state index contributed by atoms with van der Waals surface area (Å²) in [6.45, 7) is 0.689. The Kier molecular flexibility index (Phi) is 3.44. The smallest absolute Gasteiger partial charge is 0.251 e. The summed E-state index contributed by atoms with van der Waals surface area (Å²) >= 11 is 0. The van der Waals surface area contributed by atoms with Crippen LogP contribution < -0.4 is 10.6 Å². The molecule has 3 rings (SSSR count). The van der Waals surface area contributed by atoms with E-state index in [2.05, 4.69) is 0 Å². The fourth-order valence-electron chi connectivity index (χ4n) is 2.49. The maximum Gasteiger partial charge on any atom is 0.251 e. The average Bonchev–Trinajstić information content (AvgIpc) is 2.92. The van der Waals surface area contributed by atoms with Crippen molar-refractivity contribution in [1.82, 2.24) is 0 Å². The Balaban J connectivity index is 1.78. The zero-order valence-corrected chi connectivity index (χ0v) is 11.4. The third-order valence-electron chi connectivity index (χ3n) is 3.59. The van der Waals surface area contributed by atoms with Crippen molar-refractivity contribution in [1.29, 1.82) is 0 Å². The number of nitrogen functional groups attached to an aromatic ring is 1. The van der Waals surface area contributed by atoms with Gasteiger partial charge < -0.3 is 10.6 Å². The van der Waals surface area contributed by atoms with Crippen molar-refractivity contribution in [2.24, 2.45) is 0 Å². The first-order valence-corrected chi connectivity index (χ1v) is 6.77. The van der Waals surface area contributed by atoms with Gasteiger partial charge in [-0.05, 0) is 41.8 Å². The van der Waals surface area contributed by atoms with Crippen LogP contribution in [0.15, 0.2) is 48.5 Å². The van der Waals surface area contributed by atoms with E-state index < -0.39 is 5.82 Å². The molecule has 1 amide bonds. The molecule has 106 valence electrons. The van der Waals surface area contributed by atoms with Crippen LogP contribution in [0.4, 0.5) is 15.8 Å². The lowest BCUT2D eigenvalue weighted by molar-refractivity contribution is -0.114. The van der Waals surface area contributed by atoms with Gasteiger partial charge in [0.2, 0.25) is 0 Å². The minimum Gasteiger partial charge on any atom is -0.396 e. The molecule has 4 heteroatoms. The highest BCUT2D eigenvalue weighted by Gasteiger charge is 2.22. The zero-order chi connectivity index (χ0) is 14.8. The quantitative estimate of drug-likeness (QED) is 0.680. The second-order valence-electron chi connectivity index (χ2n) is 4.98. The lowest BCUT2D eigenvalue weighted by Gasteiger charge is -2.14. The minimum atomic E-state index is -0.452. The number of fused-ring (bicyclic) bond motifs is 1. The summed E-state index contributed by atoms with van der Waals surface area (Å²) in [5, 5.41) is 0. The Morgan fingerprint density at radius 3 is 2.86 bits per heavy atom. The van der Waals surface area contributed by atoms with Gasteiger partial charge in [-0.25, -0.2) is 4.39 Å². The Morgan fingerprint density at radius 1 is 1.24 bits per heavy atom. The lowest BCUT2D eigenvalue weighted by Crippen LogP contribution is -2.26. The number of nitrogens with zero attached hydrogens (tertiary/aromatic N) is 1. The number of hydrogen-bond donors (Lipinski definition) is 1. The van der Waals surface area contributed by atoms with E-state index in [0.29, 0.717) is 12.1 Å². The fraction of sp³-hybridized carbons (Fsp3) is 0.118. The van der Waals surface area contributed by atoms with Gasteiger partial charge in [0, 0.05) is 18.3 Å². The van der Waals surface area contributed by atoms with Gasteiger partial charge in [0.25, 0.3) is 5.91 Å². The third kappa shape index (κ3) is 2.65. The Morgan fingerprint density at radius 2 is 2.05 bits per heavy atom. The van der Waals surface area contributed by atoms with Crippen LogP contribution in [0.5, 0.6) is 0 Å². The molecular formula is C17H15FN2O. The number of hydrogen-bond acceptors (Lipinski definition) is 2. The van der Waals surface area contributed by atoms with E-state index in [4.69, 9.17) is 5.73 Å². The second-order valence-corrected chi connectivity index (χ2v) is 4.98. The van der Waals surface area contributed by atoms with Gasteiger partial charge >= 0.3 is 0 Å². The van der Waals surface area contributed by atoms with Crippen LogP contribution in [-0.4, -0.2) is 12.5 Å². The molecule has 3 nitrogen and oxygen atoms in total. The van der Waals surface area contributed by atoms with Gasteiger partial charge in [-0.1, -0.05) is 24.3 Å². The SMILES string of the molecule is Nc1cc(/C=C/C(=O)N2CCc3ccccc32)ccc1F. The van der Waals surface area contributed by atoms with E-state index >= 15 is 0 Å². The molecule has 0 radical (unpaired) electrons. The number of amides is 1. The Labute approximate surface area is 122 Å². The molecule has 1 aliphatic rings. The summed E-state index contributed by atoms with van der Waals surface area (Å²) in [7, 11) is 0. The number of rotatable bonds is 2. The monoisotopic (exact) mass is 282 g/mol. The van der Waals surface area contributed by atoms with E-state index in [1.165, 1.54) is 23.8 Å². The summed E-state index contributed by atoms with van der Waals surface area (Å²) in [5.41, 5.74) is 8.44. The van der Waals surface area contributed by atoms with E-state index in [1.807, 2.05) is 24.3 Å². The van der Waals surface area contributed by atoms with Crippen molar-refractivity contribution in [3.8, 4) is 0 Å². The molecule has 2 aromatic carbocycles. The van der Waals surface area contributed by atoms with Crippen LogP contribution in [0, 0.1) is 5.82 Å². The van der Waals surface area contributed by atoms with Crippen molar-refractivity contribution in [2.75, 3.05) is 17.2 Å². The molecule has 1 aliphatic heterocycles. The molecule has 0 aliphatic carbocycles. The molecule has 21 heavy (non-hydrogen) atoms. The van der Waals surface area contributed by atoms with Crippen LogP contribution in [0.2, 0.25) is 0 Å². The normalized spacial score (nSPS) is 13.7. The topological polar surface area (TPSA) is 46.3 Å². The van der Waals surface area contributed by atoms with Crippen molar-refractivity contribution in [3.05, 3.63) is 65.5 Å². The van der Waals surface area contributed by atoms with Gasteiger partial charge in [0.15, 0.2) is 0 Å². The standard InChI is InChI=1S/C17H15FN2O/c18-14-7-5-12(11-15(14)19)6-8-17(21)20-10-9-13-3-1-2-4-16(13)20/h1-8,11H,9-10,19H2/b8-6+. The van der Waals surface area contributed by atoms with E-state index in [-0.39, 0.29) is 11.6 Å². The molecule has 2 N–H and O–H groups in total. The number of halogens is 1. The van der Waals surface area contributed by atoms with Gasteiger partial charge in [0.1, 0.15) is 5.82 Å². The van der Waals surface area contributed by atoms with Crippen LogP contribution in [0.3, 0.4) is 0 Å². The van der Waals surface area contributed by atoms with Crippen molar-refractivity contribution in [2.45, 2.75) is 6.42 Å². The van der Waals surface area contributed by atoms with Gasteiger partial charge in [0.05, 0.1) is 5.69 Å². The first kappa shape index (κ1) is 13.4. The highest BCUT2D eigenvalue weighted by Crippen LogP contribution is 2.27. The molecule has 0 aromatic heterocycles. The van der Waals surface area contributed by atoms with Gasteiger partial charge in [-0.2, -0.15) is 0 Å². The van der Waals surface area contributed by atoms with E-state index in [9.17, 15) is 9.18 Å². The molecule has 2 aromatic rings. The van der Waals surface area contributed by atoms with Crippen LogP contribution in [0.1, 0.15) is 11.1 Å². The number of nitrogens with two attached hydrogens (primary N) is 1. The molecular weight excluding hydrogens is 267 g/mol. The lowest BCUT2D eigenvalue weighted by atomic mass is 10.1. The largest absolute Gasteiger partial charge is 0.396 e. The summed E-state index contributed by atoms with van der Waals surface area (Å²) < 4.78 is 13.1. The molecule has 0 spiro atoms. The van der Waals surface area contributed by atoms with Crippen molar-refractivity contribution in [3.63, 3.8) is 0 Å². The first-order chi connectivity index (χ1) is 10.1. The molecule has 0 fully saturated rings. The summed E-state index contributed by atoms with van der Waals surface area (Å²) in [4.78, 5) is 14.0. The van der Waals surface area contributed by atoms with E-state index in [0.717, 1.165) is 12.1 Å². The maximum absolute atomic E-state index is 13.1. The highest BCUT2D eigenvalue weighted by atomic mass is 19.1. The summed E-state index contributed by atoms with van der Waals surface area (Å²) in [5.74, 6) is -0.533. The molecule has 0 saturated heterocycles. The van der Waals surface area contributed by atoms with Gasteiger partial charge in [-0.15, -0.1) is 0 Å². The zero-order valence-electron chi connectivity index (χ0n) is 11.4. The Hall–Kier alpha value is -2.62. The number of anilines is 2. The summed E-state index contributed by atoms with van der Waals surface area (Å²) in [6, 6.07) is 12.3. The maximum atomic E-state index is 13.1. The number of benzene rings is 2. The summed E-state index contributed by atoms with van der Waals surface area (Å²) in [6.07, 6.45) is 4.02. The molecule has 1 heterocycles. The Bertz CT molecular complexity index is 724. The predicted molar refractivity (Wildman–Crippen MR) is 82.3 cm³/mol. The van der Waals surface area contributed by atoms with Crippen molar-refractivity contribution < 1.29 is 9.18 Å². The molecule has 0 atom stereocenters. The van der Waals surface area contributed by atoms with Crippen LogP contribution in [-0.2, 0) is 11.2 Å². The van der Waals surface area contributed by atoms with E-state index in [1.54, 1.807) is 17.0 Å².